The average molecular weight is 685 g/mol. The van der Waals surface area contributed by atoms with E-state index in [9.17, 15) is 39.5 Å². The lowest BCUT2D eigenvalue weighted by atomic mass is 9.98. The monoisotopic (exact) mass is 684 g/mol. The van der Waals surface area contributed by atoms with Gasteiger partial charge < -0.3 is 9.47 Å². The van der Waals surface area contributed by atoms with E-state index in [0.717, 1.165) is 19.3 Å². The van der Waals surface area contributed by atoms with Crippen molar-refractivity contribution in [1.82, 2.24) is 0 Å². The van der Waals surface area contributed by atoms with E-state index in [-0.39, 0.29) is 35.5 Å². The number of alkyl halides is 9. The molecule has 0 aliphatic heterocycles. The number of rotatable bonds is 18. The smallest absolute Gasteiger partial charge is 0.460 e. The molecule has 0 atom stereocenters. The number of hydrogen-bond donors (Lipinski definition) is 0. The molecule has 0 radical (unpaired) electrons. The first-order chi connectivity index (χ1) is 22.0. The van der Waals surface area contributed by atoms with Gasteiger partial charge in [-0.25, -0.2) is 8.78 Å². The Kier molecular flexibility index (Phi) is 13.0. The van der Waals surface area contributed by atoms with Crippen molar-refractivity contribution >= 4 is 0 Å². The van der Waals surface area contributed by atoms with Crippen LogP contribution >= 0.6 is 0 Å². The normalized spacial score (nSPS) is 12.8. The number of halogens is 11. The SMILES string of the molecule is CCCCCCCCOc1ccc(-c2ccc(-c3ccc(OCCCCC(F)(F)C(F)(F)C(F)(F)C(F)(F)F)cc3)c(F)c2F)cc1. The van der Waals surface area contributed by atoms with Crippen molar-refractivity contribution in [3.8, 4) is 33.8 Å². The summed E-state index contributed by atoms with van der Waals surface area (Å²) in [4.78, 5) is 0. The predicted octanol–water partition coefficient (Wildman–Crippen LogP) is 12.1. The highest BCUT2D eigenvalue weighted by Gasteiger charge is 2.81. The van der Waals surface area contributed by atoms with Gasteiger partial charge in [0.2, 0.25) is 0 Å². The van der Waals surface area contributed by atoms with Crippen molar-refractivity contribution in [1.29, 1.82) is 0 Å². The van der Waals surface area contributed by atoms with Gasteiger partial charge in [0.15, 0.2) is 11.6 Å². The van der Waals surface area contributed by atoms with Gasteiger partial charge in [-0.15, -0.1) is 0 Å². The minimum absolute atomic E-state index is 0.0409. The largest absolute Gasteiger partial charge is 0.494 e. The molecule has 0 aliphatic carbocycles. The fourth-order valence-electron chi connectivity index (χ4n) is 4.73. The Morgan fingerprint density at radius 3 is 1.32 bits per heavy atom. The van der Waals surface area contributed by atoms with Crippen molar-refractivity contribution in [3.05, 3.63) is 72.3 Å². The van der Waals surface area contributed by atoms with Crippen LogP contribution in [0.15, 0.2) is 60.7 Å². The Morgan fingerprint density at radius 2 is 0.894 bits per heavy atom. The Balaban J connectivity index is 1.52. The summed E-state index contributed by atoms with van der Waals surface area (Å²) < 4.78 is 158. The fraction of sp³-hybridized carbons (Fsp3) is 0.471. The maximum atomic E-state index is 15.1. The Bertz CT molecular complexity index is 1400. The first-order valence-corrected chi connectivity index (χ1v) is 15.2. The molecule has 0 aromatic heterocycles. The molecular weight excluding hydrogens is 649 g/mol. The highest BCUT2D eigenvalue weighted by atomic mass is 19.4. The van der Waals surface area contributed by atoms with Crippen molar-refractivity contribution in [2.75, 3.05) is 13.2 Å². The van der Waals surface area contributed by atoms with Crippen LogP contribution < -0.4 is 9.47 Å². The van der Waals surface area contributed by atoms with Crippen LogP contribution in [0.5, 0.6) is 11.5 Å². The molecule has 3 rings (SSSR count). The Morgan fingerprint density at radius 1 is 0.489 bits per heavy atom. The van der Waals surface area contributed by atoms with Gasteiger partial charge in [0.1, 0.15) is 11.5 Å². The third-order valence-corrected chi connectivity index (χ3v) is 7.54. The minimum atomic E-state index is -6.92. The first-order valence-electron chi connectivity index (χ1n) is 15.2. The Hall–Kier alpha value is -3.51. The molecule has 0 heterocycles. The summed E-state index contributed by atoms with van der Waals surface area (Å²) in [5.41, 5.74) is 0.694. The molecule has 0 fully saturated rings. The lowest BCUT2D eigenvalue weighted by Gasteiger charge is -2.33. The maximum absolute atomic E-state index is 15.1. The van der Waals surface area contributed by atoms with Crippen LogP contribution in [0.1, 0.15) is 64.7 Å². The number of ether oxygens (including phenoxy) is 2. The number of benzene rings is 3. The lowest BCUT2D eigenvalue weighted by Crippen LogP contribution is -2.60. The van der Waals surface area contributed by atoms with E-state index in [1.807, 2.05) is 0 Å². The molecule has 47 heavy (non-hydrogen) atoms. The summed E-state index contributed by atoms with van der Waals surface area (Å²) in [5.74, 6) is -20.6. The van der Waals surface area contributed by atoms with Crippen molar-refractivity contribution in [2.24, 2.45) is 0 Å². The van der Waals surface area contributed by atoms with Crippen LogP contribution in [0, 0.1) is 11.6 Å². The molecule has 0 saturated heterocycles. The zero-order chi connectivity index (χ0) is 34.9. The second kappa shape index (κ2) is 16.1. The van der Waals surface area contributed by atoms with Gasteiger partial charge in [0.05, 0.1) is 13.2 Å². The summed E-state index contributed by atoms with van der Waals surface area (Å²) in [6, 6.07) is 14.9. The van der Waals surface area contributed by atoms with Crippen LogP contribution in [-0.2, 0) is 0 Å². The van der Waals surface area contributed by atoms with Crippen LogP contribution in [0.25, 0.3) is 22.3 Å². The minimum Gasteiger partial charge on any atom is -0.494 e. The average Bonchev–Trinajstić information content (AvgIpc) is 3.02. The van der Waals surface area contributed by atoms with Crippen LogP contribution in [0.3, 0.4) is 0 Å². The molecule has 3 aromatic carbocycles. The van der Waals surface area contributed by atoms with Crippen LogP contribution in [0.4, 0.5) is 48.3 Å². The highest BCUT2D eigenvalue weighted by Crippen LogP contribution is 2.54. The van der Waals surface area contributed by atoms with Gasteiger partial charge in [-0.2, -0.15) is 39.5 Å². The van der Waals surface area contributed by atoms with Gasteiger partial charge >= 0.3 is 23.9 Å². The Labute approximate surface area is 265 Å². The molecule has 2 nitrogen and oxygen atoms in total. The molecular formula is C34H35F11O2. The zero-order valence-electron chi connectivity index (χ0n) is 25.5. The van der Waals surface area contributed by atoms with Gasteiger partial charge in [0.25, 0.3) is 0 Å². The number of unbranched alkanes of at least 4 members (excludes halogenated alkanes) is 6. The molecule has 13 heteroatoms. The van der Waals surface area contributed by atoms with Gasteiger partial charge in [-0.1, -0.05) is 75.4 Å². The summed E-state index contributed by atoms with van der Waals surface area (Å²) in [6.45, 7) is 2.35. The second-order valence-corrected chi connectivity index (χ2v) is 11.1. The highest BCUT2D eigenvalue weighted by molar-refractivity contribution is 5.72. The second-order valence-electron chi connectivity index (χ2n) is 11.1. The molecule has 260 valence electrons. The van der Waals surface area contributed by atoms with E-state index in [4.69, 9.17) is 9.47 Å². The van der Waals surface area contributed by atoms with Crippen LogP contribution in [-0.4, -0.2) is 37.2 Å². The van der Waals surface area contributed by atoms with Gasteiger partial charge in [-0.05, 0) is 54.7 Å². The molecule has 3 aromatic rings. The summed E-state index contributed by atoms with van der Waals surface area (Å²) in [5, 5.41) is 0. The predicted molar refractivity (Wildman–Crippen MR) is 156 cm³/mol. The van der Waals surface area contributed by atoms with Gasteiger partial charge in [-0.3, -0.25) is 0 Å². The molecule has 0 aliphatic rings. The third-order valence-electron chi connectivity index (χ3n) is 7.54. The fourth-order valence-corrected chi connectivity index (χ4v) is 4.73. The molecule has 0 unspecified atom stereocenters. The van der Waals surface area contributed by atoms with Crippen molar-refractivity contribution < 1.29 is 57.8 Å². The topological polar surface area (TPSA) is 18.5 Å². The zero-order valence-corrected chi connectivity index (χ0v) is 25.5. The molecule has 0 saturated carbocycles. The molecule has 0 bridgehead atoms. The first kappa shape index (κ1) is 37.9. The van der Waals surface area contributed by atoms with E-state index in [1.165, 1.54) is 55.7 Å². The standard InChI is InChI=1S/C34H35F11O2/c1-2-3-4-5-6-8-21-46-25-14-10-23(11-15-25)27-18-19-28(30(36)29(27)35)24-12-16-26(17-13-24)47-22-9-7-20-31(37,38)32(39,40)33(41,42)34(43,44)45/h10-19H,2-9,20-22H2,1H3. The quantitative estimate of drug-likeness (QED) is 0.0981. The lowest BCUT2D eigenvalue weighted by molar-refractivity contribution is -0.396. The van der Waals surface area contributed by atoms with E-state index >= 15 is 8.78 Å². The van der Waals surface area contributed by atoms with Crippen LogP contribution in [0.2, 0.25) is 0 Å². The van der Waals surface area contributed by atoms with E-state index < -0.39 is 48.4 Å². The summed E-state index contributed by atoms with van der Waals surface area (Å²) in [7, 11) is 0. The molecule has 0 spiro atoms. The third kappa shape index (κ3) is 9.31. The van der Waals surface area contributed by atoms with Gasteiger partial charge in [0, 0.05) is 17.5 Å². The maximum Gasteiger partial charge on any atom is 0.460 e. The molecule has 0 N–H and O–H groups in total. The van der Waals surface area contributed by atoms with Crippen molar-refractivity contribution in [3.63, 3.8) is 0 Å². The van der Waals surface area contributed by atoms with E-state index in [0.29, 0.717) is 17.9 Å². The molecule has 0 amide bonds. The summed E-state index contributed by atoms with van der Waals surface area (Å²) >= 11 is 0. The van der Waals surface area contributed by atoms with E-state index in [2.05, 4.69) is 6.92 Å². The summed E-state index contributed by atoms with van der Waals surface area (Å²) in [6.07, 6.45) is -3.27. The number of hydrogen-bond acceptors (Lipinski definition) is 2. The van der Waals surface area contributed by atoms with Crippen molar-refractivity contribution in [2.45, 2.75) is 88.7 Å². The van der Waals surface area contributed by atoms with E-state index in [1.54, 1.807) is 24.3 Å².